The summed E-state index contributed by atoms with van der Waals surface area (Å²) in [5.74, 6) is -0.187. The van der Waals surface area contributed by atoms with Gasteiger partial charge in [0.05, 0.1) is 25.3 Å². The summed E-state index contributed by atoms with van der Waals surface area (Å²) in [6.07, 6.45) is -1.32. The van der Waals surface area contributed by atoms with Gasteiger partial charge in [-0.1, -0.05) is 42.5 Å². The van der Waals surface area contributed by atoms with Crippen LogP contribution >= 0.6 is 12.4 Å². The molecule has 0 bridgehead atoms. The molecule has 7 nitrogen and oxygen atoms in total. The molecule has 3 aromatic rings. The molecule has 0 heterocycles. The maximum atomic E-state index is 12.7. The third kappa shape index (κ3) is 12.8. The van der Waals surface area contributed by atoms with Gasteiger partial charge in [-0.2, -0.15) is 13.2 Å². The van der Waals surface area contributed by atoms with Crippen molar-refractivity contribution in [1.82, 2.24) is 5.32 Å². The van der Waals surface area contributed by atoms with Crippen LogP contribution in [0.4, 0.5) is 13.2 Å². The number of aliphatic carboxylic acids is 1. The standard InChI is InChI=1S/C19H20F3NO2.C11H12O4.ClH/c1-14(12-15-6-5-9-17(13-15)19(20,21)22)23-10-11-25-18(24)16-7-3-2-4-8-16;1-14-9-5-3-8(4-6-11(12)13)7-10(9)15-2;/h2-9,13-14,23H,10-12H2,1H3;3-7H,1-2H3,(H,12,13);1H. The van der Waals surface area contributed by atoms with Crippen LogP contribution < -0.4 is 14.8 Å². The minimum absolute atomic E-state index is 0. The molecule has 0 aliphatic heterocycles. The van der Waals surface area contributed by atoms with E-state index in [0.29, 0.717) is 35.6 Å². The molecule has 0 spiro atoms. The van der Waals surface area contributed by atoms with Crippen molar-refractivity contribution in [1.29, 1.82) is 0 Å². The van der Waals surface area contributed by atoms with Crippen molar-refractivity contribution in [2.45, 2.75) is 25.6 Å². The number of esters is 1. The van der Waals surface area contributed by atoms with E-state index in [4.69, 9.17) is 19.3 Å². The summed E-state index contributed by atoms with van der Waals surface area (Å²) in [5, 5.41) is 11.6. The third-order valence-corrected chi connectivity index (χ3v) is 5.46. The zero-order valence-corrected chi connectivity index (χ0v) is 23.6. The number of benzene rings is 3. The number of rotatable bonds is 11. The number of nitrogens with one attached hydrogen (secondary N) is 1. The van der Waals surface area contributed by atoms with E-state index in [1.807, 2.05) is 13.0 Å². The number of carbonyl (C=O) groups is 2. The van der Waals surface area contributed by atoms with Crippen LogP contribution in [0.25, 0.3) is 6.08 Å². The zero-order chi connectivity index (χ0) is 29.5. The first kappa shape index (κ1) is 35.0. The van der Waals surface area contributed by atoms with Gasteiger partial charge in [-0.25, -0.2) is 9.59 Å². The molecule has 0 saturated carbocycles. The van der Waals surface area contributed by atoms with E-state index in [0.717, 1.165) is 23.8 Å². The van der Waals surface area contributed by atoms with Crippen LogP contribution in [0, 0.1) is 0 Å². The van der Waals surface area contributed by atoms with Crippen molar-refractivity contribution < 1.29 is 42.1 Å². The van der Waals surface area contributed by atoms with Gasteiger partial charge in [0.15, 0.2) is 11.5 Å². The Labute approximate surface area is 243 Å². The van der Waals surface area contributed by atoms with E-state index in [1.165, 1.54) is 19.3 Å². The second kappa shape index (κ2) is 17.6. The summed E-state index contributed by atoms with van der Waals surface area (Å²) in [6.45, 7) is 2.50. The Kier molecular flexibility index (Phi) is 15.0. The average molecular weight is 596 g/mol. The van der Waals surface area contributed by atoms with Crippen LogP contribution in [-0.4, -0.2) is 50.5 Å². The molecule has 3 aromatic carbocycles. The molecule has 222 valence electrons. The SMILES string of the molecule is CC(Cc1cccc(C(F)(F)F)c1)NCCOC(=O)c1ccccc1.COc1ccc(C=CC(=O)O)cc1OC.Cl. The fraction of sp³-hybridized carbons (Fsp3) is 0.267. The van der Waals surface area contributed by atoms with Crippen LogP contribution in [-0.2, 0) is 22.1 Å². The summed E-state index contributed by atoms with van der Waals surface area (Å²) < 4.78 is 53.4. The average Bonchev–Trinajstić information content (AvgIpc) is 2.94. The Bertz CT molecular complexity index is 1270. The molecular formula is C30H33ClF3NO6. The Hall–Kier alpha value is -4.02. The summed E-state index contributed by atoms with van der Waals surface area (Å²) in [5.41, 5.74) is 1.19. The molecule has 0 fully saturated rings. The molecule has 2 N–H and O–H groups in total. The number of ether oxygens (including phenoxy) is 3. The van der Waals surface area contributed by atoms with Crippen molar-refractivity contribution in [2.75, 3.05) is 27.4 Å². The molecule has 0 aliphatic carbocycles. The molecule has 1 unspecified atom stereocenters. The first-order valence-corrected chi connectivity index (χ1v) is 12.3. The summed E-state index contributed by atoms with van der Waals surface area (Å²) in [7, 11) is 3.08. The molecule has 0 amide bonds. The van der Waals surface area contributed by atoms with E-state index in [2.05, 4.69) is 5.32 Å². The summed E-state index contributed by atoms with van der Waals surface area (Å²) in [4.78, 5) is 22.1. The number of alkyl halides is 3. The van der Waals surface area contributed by atoms with E-state index in [9.17, 15) is 22.8 Å². The Morgan fingerprint density at radius 3 is 2.24 bits per heavy atom. The highest BCUT2D eigenvalue weighted by atomic mass is 35.5. The van der Waals surface area contributed by atoms with Gasteiger partial charge in [-0.15, -0.1) is 12.4 Å². The number of methoxy groups -OCH3 is 2. The molecule has 1 atom stereocenters. The van der Waals surface area contributed by atoms with Crippen molar-refractivity contribution in [3.63, 3.8) is 0 Å². The first-order chi connectivity index (χ1) is 19.0. The minimum atomic E-state index is -4.34. The van der Waals surface area contributed by atoms with Crippen molar-refractivity contribution in [3.8, 4) is 11.5 Å². The molecule has 0 aliphatic rings. The third-order valence-electron chi connectivity index (χ3n) is 5.46. The predicted octanol–water partition coefficient (Wildman–Crippen LogP) is 6.31. The monoisotopic (exact) mass is 595 g/mol. The molecular weight excluding hydrogens is 563 g/mol. The number of carboxylic acids is 1. The van der Waals surface area contributed by atoms with Crippen LogP contribution in [0.15, 0.2) is 78.9 Å². The molecule has 0 saturated heterocycles. The maximum absolute atomic E-state index is 12.7. The van der Waals surface area contributed by atoms with Gasteiger partial charge in [-0.3, -0.25) is 0 Å². The van der Waals surface area contributed by atoms with Gasteiger partial charge in [0.2, 0.25) is 0 Å². The number of halogens is 4. The van der Waals surface area contributed by atoms with Crippen molar-refractivity contribution >= 4 is 30.4 Å². The van der Waals surface area contributed by atoms with Gasteiger partial charge < -0.3 is 24.6 Å². The van der Waals surface area contributed by atoms with Crippen LogP contribution in [0.2, 0.25) is 0 Å². The summed E-state index contributed by atoms with van der Waals surface area (Å²) >= 11 is 0. The van der Waals surface area contributed by atoms with Crippen LogP contribution in [0.3, 0.4) is 0 Å². The van der Waals surface area contributed by atoms with E-state index in [1.54, 1.807) is 55.6 Å². The van der Waals surface area contributed by atoms with Gasteiger partial charge in [0.25, 0.3) is 0 Å². The molecule has 11 heteroatoms. The lowest BCUT2D eigenvalue weighted by Crippen LogP contribution is -2.31. The van der Waals surface area contributed by atoms with Gasteiger partial charge in [0, 0.05) is 18.7 Å². The van der Waals surface area contributed by atoms with E-state index in [-0.39, 0.29) is 25.1 Å². The quantitative estimate of drug-likeness (QED) is 0.152. The molecule has 3 rings (SSSR count). The van der Waals surface area contributed by atoms with Crippen molar-refractivity contribution in [3.05, 3.63) is 101 Å². The van der Waals surface area contributed by atoms with Crippen molar-refractivity contribution in [2.24, 2.45) is 0 Å². The molecule has 0 radical (unpaired) electrons. The highest BCUT2D eigenvalue weighted by molar-refractivity contribution is 5.89. The van der Waals surface area contributed by atoms with Gasteiger partial charge in [0.1, 0.15) is 6.61 Å². The number of carbonyl (C=O) groups excluding carboxylic acids is 1. The highest BCUT2D eigenvalue weighted by Crippen LogP contribution is 2.30. The fourth-order valence-electron chi connectivity index (χ4n) is 3.53. The highest BCUT2D eigenvalue weighted by Gasteiger charge is 2.30. The largest absolute Gasteiger partial charge is 0.493 e. The second-order valence-electron chi connectivity index (χ2n) is 8.55. The zero-order valence-electron chi connectivity index (χ0n) is 22.8. The number of hydrogen-bond acceptors (Lipinski definition) is 6. The second-order valence-corrected chi connectivity index (χ2v) is 8.55. The number of carboxylic acid groups (broad SMARTS) is 1. The van der Waals surface area contributed by atoms with Crippen LogP contribution in [0.5, 0.6) is 11.5 Å². The molecule has 0 aromatic heterocycles. The van der Waals surface area contributed by atoms with E-state index < -0.39 is 23.7 Å². The lowest BCUT2D eigenvalue weighted by Gasteiger charge is -2.15. The smallest absolute Gasteiger partial charge is 0.416 e. The normalized spacial score (nSPS) is 11.5. The Morgan fingerprint density at radius 2 is 1.63 bits per heavy atom. The number of hydrogen-bond donors (Lipinski definition) is 2. The van der Waals surface area contributed by atoms with Crippen LogP contribution in [0.1, 0.15) is 34.0 Å². The van der Waals surface area contributed by atoms with Gasteiger partial charge in [-0.05, 0) is 60.9 Å². The lowest BCUT2D eigenvalue weighted by molar-refractivity contribution is -0.137. The molecule has 41 heavy (non-hydrogen) atoms. The lowest BCUT2D eigenvalue weighted by atomic mass is 10.0. The minimum Gasteiger partial charge on any atom is -0.493 e. The fourth-order valence-corrected chi connectivity index (χ4v) is 3.53. The Morgan fingerprint density at radius 1 is 0.951 bits per heavy atom. The Balaban J connectivity index is 0.000000451. The topological polar surface area (TPSA) is 94.1 Å². The maximum Gasteiger partial charge on any atom is 0.416 e. The van der Waals surface area contributed by atoms with E-state index >= 15 is 0 Å². The summed E-state index contributed by atoms with van der Waals surface area (Å²) in [6, 6.07) is 19.1. The van der Waals surface area contributed by atoms with Gasteiger partial charge >= 0.3 is 18.1 Å². The first-order valence-electron chi connectivity index (χ1n) is 12.3. The predicted molar refractivity (Wildman–Crippen MR) is 153 cm³/mol.